The van der Waals surface area contributed by atoms with Crippen LogP contribution in [-0.2, 0) is 0 Å². The Balaban J connectivity index is 1.67. The fourth-order valence-corrected chi connectivity index (χ4v) is 3.35. The number of nitrogens with zero attached hydrogens (tertiary/aromatic N) is 4. The molecule has 3 rings (SSSR count). The Bertz CT molecular complexity index is 613. The topological polar surface area (TPSA) is 49.3 Å². The highest BCUT2D eigenvalue weighted by molar-refractivity contribution is 7.13. The monoisotopic (exact) mass is 302 g/mol. The van der Waals surface area contributed by atoms with Crippen molar-refractivity contribution >= 4 is 23.1 Å². The number of carbonyl (C=O) groups is 1. The molecule has 0 aliphatic carbocycles. The van der Waals surface area contributed by atoms with Crippen LogP contribution in [0.5, 0.6) is 0 Å². The first kappa shape index (κ1) is 14.0. The fraction of sp³-hybridized carbons (Fsp3) is 0.400. The van der Waals surface area contributed by atoms with Crippen LogP contribution in [0.15, 0.2) is 30.5 Å². The molecule has 0 saturated carbocycles. The standard InChI is InChI=1S/C15H18N4OS/c1-12-5-6-13(21-12)15(20)19-9-3-8-18(10-11-19)14-4-2-7-16-17-14/h2,4-7H,3,8-11H2,1H3. The summed E-state index contributed by atoms with van der Waals surface area (Å²) in [4.78, 5) is 18.6. The molecule has 0 bridgehead atoms. The summed E-state index contributed by atoms with van der Waals surface area (Å²) in [5.41, 5.74) is 0. The van der Waals surface area contributed by atoms with Crippen molar-refractivity contribution in [2.45, 2.75) is 13.3 Å². The van der Waals surface area contributed by atoms with Gasteiger partial charge in [0.2, 0.25) is 0 Å². The molecule has 0 unspecified atom stereocenters. The third-order valence-corrected chi connectivity index (χ3v) is 4.61. The van der Waals surface area contributed by atoms with Gasteiger partial charge in [0, 0.05) is 37.3 Å². The Labute approximate surface area is 128 Å². The van der Waals surface area contributed by atoms with E-state index in [1.54, 1.807) is 17.5 Å². The third-order valence-electron chi connectivity index (χ3n) is 3.62. The Morgan fingerprint density at radius 1 is 1.19 bits per heavy atom. The lowest BCUT2D eigenvalue weighted by atomic mass is 10.3. The second-order valence-corrected chi connectivity index (χ2v) is 6.41. The molecule has 2 aromatic rings. The van der Waals surface area contributed by atoms with E-state index in [1.165, 1.54) is 4.88 Å². The van der Waals surface area contributed by atoms with Crippen molar-refractivity contribution in [2.75, 3.05) is 31.1 Å². The van der Waals surface area contributed by atoms with Crippen LogP contribution in [0.1, 0.15) is 21.0 Å². The average Bonchev–Trinajstić information content (AvgIpc) is 2.81. The predicted molar refractivity (Wildman–Crippen MR) is 83.8 cm³/mol. The molecule has 5 nitrogen and oxygen atoms in total. The minimum absolute atomic E-state index is 0.147. The highest BCUT2D eigenvalue weighted by Crippen LogP contribution is 2.19. The second-order valence-electron chi connectivity index (χ2n) is 5.12. The van der Waals surface area contributed by atoms with Crippen molar-refractivity contribution < 1.29 is 4.79 Å². The minimum Gasteiger partial charge on any atom is -0.353 e. The maximum absolute atomic E-state index is 12.5. The van der Waals surface area contributed by atoms with Crippen LogP contribution < -0.4 is 4.90 Å². The summed E-state index contributed by atoms with van der Waals surface area (Å²) in [6.07, 6.45) is 2.63. The predicted octanol–water partition coefficient (Wildman–Crippen LogP) is 2.20. The molecule has 3 heterocycles. The van der Waals surface area contributed by atoms with Crippen molar-refractivity contribution in [2.24, 2.45) is 0 Å². The van der Waals surface area contributed by atoms with E-state index in [0.29, 0.717) is 0 Å². The first-order valence-electron chi connectivity index (χ1n) is 7.12. The van der Waals surface area contributed by atoms with Crippen molar-refractivity contribution in [1.29, 1.82) is 0 Å². The normalized spacial score (nSPS) is 15.9. The number of hydrogen-bond acceptors (Lipinski definition) is 5. The van der Waals surface area contributed by atoms with E-state index < -0.39 is 0 Å². The third kappa shape index (κ3) is 3.21. The highest BCUT2D eigenvalue weighted by Gasteiger charge is 2.21. The van der Waals surface area contributed by atoms with Gasteiger partial charge in [-0.25, -0.2) is 0 Å². The summed E-state index contributed by atoms with van der Waals surface area (Å²) < 4.78 is 0. The maximum atomic E-state index is 12.5. The van der Waals surface area contributed by atoms with Crippen LogP contribution in [0.25, 0.3) is 0 Å². The molecule has 0 N–H and O–H groups in total. The van der Waals surface area contributed by atoms with E-state index in [9.17, 15) is 4.79 Å². The van der Waals surface area contributed by atoms with Gasteiger partial charge in [0.1, 0.15) is 0 Å². The zero-order chi connectivity index (χ0) is 14.7. The van der Waals surface area contributed by atoms with Gasteiger partial charge in [-0.3, -0.25) is 4.79 Å². The lowest BCUT2D eigenvalue weighted by Gasteiger charge is -2.22. The molecule has 1 aliphatic rings. The molecule has 110 valence electrons. The molecule has 6 heteroatoms. The van der Waals surface area contributed by atoms with Gasteiger partial charge in [-0.15, -0.1) is 16.4 Å². The average molecular weight is 302 g/mol. The lowest BCUT2D eigenvalue weighted by Crippen LogP contribution is -2.35. The molecule has 0 atom stereocenters. The Hall–Kier alpha value is -1.95. The number of aromatic nitrogens is 2. The summed E-state index contributed by atoms with van der Waals surface area (Å²) in [6.45, 7) is 5.26. The number of carbonyl (C=O) groups excluding carboxylic acids is 1. The summed E-state index contributed by atoms with van der Waals surface area (Å²) >= 11 is 1.57. The summed E-state index contributed by atoms with van der Waals surface area (Å²) in [5, 5.41) is 8.07. The van der Waals surface area contributed by atoms with Crippen molar-refractivity contribution in [3.05, 3.63) is 40.2 Å². The Morgan fingerprint density at radius 2 is 2.10 bits per heavy atom. The molecule has 1 saturated heterocycles. The first-order chi connectivity index (χ1) is 10.2. The van der Waals surface area contributed by atoms with Crippen molar-refractivity contribution in [3.63, 3.8) is 0 Å². The number of anilines is 1. The minimum atomic E-state index is 0.147. The molecular formula is C15H18N4OS. The zero-order valence-electron chi connectivity index (χ0n) is 12.0. The van der Waals surface area contributed by atoms with Crippen molar-refractivity contribution in [1.82, 2.24) is 15.1 Å². The van der Waals surface area contributed by atoms with Gasteiger partial charge >= 0.3 is 0 Å². The van der Waals surface area contributed by atoms with Crippen LogP contribution in [0.3, 0.4) is 0 Å². The van der Waals surface area contributed by atoms with Crippen LogP contribution in [0, 0.1) is 6.92 Å². The SMILES string of the molecule is Cc1ccc(C(=O)N2CCCN(c3cccnn3)CC2)s1. The first-order valence-corrected chi connectivity index (χ1v) is 7.94. The molecule has 0 radical (unpaired) electrons. The summed E-state index contributed by atoms with van der Waals surface area (Å²) in [5.74, 6) is 1.04. The van der Waals surface area contributed by atoms with E-state index >= 15 is 0 Å². The van der Waals surface area contributed by atoms with Crippen molar-refractivity contribution in [3.8, 4) is 0 Å². The molecular weight excluding hydrogens is 284 g/mol. The van der Waals surface area contributed by atoms with E-state index in [0.717, 1.165) is 43.3 Å². The van der Waals surface area contributed by atoms with Gasteiger partial charge < -0.3 is 9.80 Å². The molecule has 0 spiro atoms. The largest absolute Gasteiger partial charge is 0.353 e. The molecule has 1 aliphatic heterocycles. The highest BCUT2D eigenvalue weighted by atomic mass is 32.1. The molecule has 1 fully saturated rings. The quantitative estimate of drug-likeness (QED) is 0.853. The molecule has 0 aromatic carbocycles. The maximum Gasteiger partial charge on any atom is 0.263 e. The number of amides is 1. The van der Waals surface area contributed by atoms with E-state index in [2.05, 4.69) is 15.1 Å². The van der Waals surface area contributed by atoms with Gasteiger partial charge in [0.15, 0.2) is 5.82 Å². The fourth-order valence-electron chi connectivity index (χ4n) is 2.52. The van der Waals surface area contributed by atoms with E-state index in [1.807, 2.05) is 36.1 Å². The van der Waals surface area contributed by atoms with Crippen LogP contribution >= 0.6 is 11.3 Å². The molecule has 1 amide bonds. The van der Waals surface area contributed by atoms with Gasteiger partial charge in [-0.1, -0.05) is 0 Å². The second kappa shape index (κ2) is 6.22. The number of thiophene rings is 1. The van der Waals surface area contributed by atoms with E-state index in [-0.39, 0.29) is 5.91 Å². The van der Waals surface area contributed by atoms with Crippen LogP contribution in [0.2, 0.25) is 0 Å². The van der Waals surface area contributed by atoms with E-state index in [4.69, 9.17) is 0 Å². The summed E-state index contributed by atoms with van der Waals surface area (Å²) in [6, 6.07) is 7.78. The number of hydrogen-bond donors (Lipinski definition) is 0. The number of aryl methyl sites for hydroxylation is 1. The van der Waals surface area contributed by atoms with Crippen LogP contribution in [-0.4, -0.2) is 47.2 Å². The summed E-state index contributed by atoms with van der Waals surface area (Å²) in [7, 11) is 0. The van der Waals surface area contributed by atoms with Gasteiger partial charge in [-0.05, 0) is 37.6 Å². The van der Waals surface area contributed by atoms with Gasteiger partial charge in [0.05, 0.1) is 4.88 Å². The number of rotatable bonds is 2. The smallest absolute Gasteiger partial charge is 0.263 e. The zero-order valence-corrected chi connectivity index (χ0v) is 12.8. The Kier molecular flexibility index (Phi) is 4.15. The van der Waals surface area contributed by atoms with Crippen LogP contribution in [0.4, 0.5) is 5.82 Å². The van der Waals surface area contributed by atoms with Gasteiger partial charge in [-0.2, -0.15) is 5.10 Å². The lowest BCUT2D eigenvalue weighted by molar-refractivity contribution is 0.0772. The molecule has 2 aromatic heterocycles. The Morgan fingerprint density at radius 3 is 2.81 bits per heavy atom. The van der Waals surface area contributed by atoms with Gasteiger partial charge in [0.25, 0.3) is 5.91 Å². The molecule has 21 heavy (non-hydrogen) atoms.